The third-order valence-electron chi connectivity index (χ3n) is 6.08. The summed E-state index contributed by atoms with van der Waals surface area (Å²) in [5.41, 5.74) is 2.01. The molecule has 0 N–H and O–H groups in total. The van der Waals surface area contributed by atoms with Gasteiger partial charge in [-0.3, -0.25) is 14.6 Å². The Kier molecular flexibility index (Phi) is 6.42. The molecule has 7 heteroatoms. The molecular formula is C24H28FN5O. The monoisotopic (exact) mass is 421 g/mol. The van der Waals surface area contributed by atoms with Gasteiger partial charge in [0.2, 0.25) is 5.91 Å². The molecule has 1 aliphatic rings. The maximum Gasteiger partial charge on any atom is 0.228 e. The summed E-state index contributed by atoms with van der Waals surface area (Å²) in [5.74, 6) is 0.287. The first-order valence-corrected chi connectivity index (χ1v) is 10.9. The fourth-order valence-electron chi connectivity index (χ4n) is 4.25. The number of carbonyl (C=O) groups is 1. The molecule has 1 aliphatic heterocycles. The Morgan fingerprint density at radius 1 is 1.13 bits per heavy atom. The van der Waals surface area contributed by atoms with Gasteiger partial charge in [-0.2, -0.15) is 0 Å². The van der Waals surface area contributed by atoms with E-state index in [-0.39, 0.29) is 17.8 Å². The minimum Gasteiger partial charge on any atom is -0.296 e. The Hall–Kier alpha value is -3.06. The maximum atomic E-state index is 13.2. The van der Waals surface area contributed by atoms with Gasteiger partial charge in [0, 0.05) is 31.6 Å². The van der Waals surface area contributed by atoms with E-state index in [1.54, 1.807) is 27.9 Å². The zero-order valence-electron chi connectivity index (χ0n) is 18.0. The lowest BCUT2D eigenvalue weighted by Crippen LogP contribution is -2.48. The second-order valence-corrected chi connectivity index (χ2v) is 7.97. The fourth-order valence-corrected chi connectivity index (χ4v) is 4.25. The Morgan fingerprint density at radius 3 is 2.45 bits per heavy atom. The average molecular weight is 422 g/mol. The van der Waals surface area contributed by atoms with Crippen molar-refractivity contribution >= 4 is 11.7 Å². The first-order chi connectivity index (χ1) is 15.1. The number of hydrogen-bond acceptors (Lipinski definition) is 4. The van der Waals surface area contributed by atoms with Crippen LogP contribution in [0.2, 0.25) is 0 Å². The van der Waals surface area contributed by atoms with E-state index < -0.39 is 0 Å². The number of likely N-dealkylation sites (tertiary alicyclic amines) is 1. The lowest BCUT2D eigenvalue weighted by molar-refractivity contribution is -0.119. The number of amides is 1. The second kappa shape index (κ2) is 9.39. The van der Waals surface area contributed by atoms with Crippen molar-refractivity contribution in [2.45, 2.75) is 45.2 Å². The highest BCUT2D eigenvalue weighted by molar-refractivity contribution is 5.92. The standard InChI is InChI=1S/C24H28FN5O/c1-3-24(31)30(23-17-29(27-26-23)21-11-9-20(25)10-12-21)22-13-15-28(16-14-22)18(2)19-7-5-4-6-8-19/h4-12,17-18,22H,3,13-16H2,1-2H3. The van der Waals surface area contributed by atoms with Crippen molar-refractivity contribution < 1.29 is 9.18 Å². The van der Waals surface area contributed by atoms with Crippen LogP contribution in [0.25, 0.3) is 5.69 Å². The van der Waals surface area contributed by atoms with Gasteiger partial charge in [0.25, 0.3) is 0 Å². The number of carbonyl (C=O) groups excluding carboxylic acids is 1. The third-order valence-corrected chi connectivity index (χ3v) is 6.08. The summed E-state index contributed by atoms with van der Waals surface area (Å²) in [6.45, 7) is 5.94. The summed E-state index contributed by atoms with van der Waals surface area (Å²) in [7, 11) is 0. The molecule has 0 bridgehead atoms. The summed E-state index contributed by atoms with van der Waals surface area (Å²) in [6, 6.07) is 17.0. The molecule has 1 fully saturated rings. The number of hydrogen-bond donors (Lipinski definition) is 0. The van der Waals surface area contributed by atoms with Crippen LogP contribution in [0, 0.1) is 5.82 Å². The molecule has 1 unspecified atom stereocenters. The average Bonchev–Trinajstić information content (AvgIpc) is 3.29. The van der Waals surface area contributed by atoms with Crippen molar-refractivity contribution in [2.75, 3.05) is 18.0 Å². The van der Waals surface area contributed by atoms with E-state index in [1.165, 1.54) is 17.7 Å². The Morgan fingerprint density at radius 2 is 1.81 bits per heavy atom. The number of aromatic nitrogens is 3. The minimum absolute atomic E-state index is 0.0423. The van der Waals surface area contributed by atoms with Crippen molar-refractivity contribution in [1.29, 1.82) is 0 Å². The largest absolute Gasteiger partial charge is 0.296 e. The molecule has 162 valence electrons. The van der Waals surface area contributed by atoms with Gasteiger partial charge in [0.1, 0.15) is 5.82 Å². The van der Waals surface area contributed by atoms with E-state index in [4.69, 9.17) is 0 Å². The first-order valence-electron chi connectivity index (χ1n) is 10.9. The molecule has 0 spiro atoms. The molecule has 1 aromatic heterocycles. The molecule has 2 aromatic carbocycles. The summed E-state index contributed by atoms with van der Waals surface area (Å²) in [5, 5.41) is 8.44. The van der Waals surface area contributed by atoms with E-state index in [2.05, 4.69) is 46.4 Å². The van der Waals surface area contributed by atoms with Gasteiger partial charge in [-0.15, -0.1) is 5.10 Å². The molecule has 1 amide bonds. The maximum absolute atomic E-state index is 13.2. The topological polar surface area (TPSA) is 54.3 Å². The van der Waals surface area contributed by atoms with Crippen LogP contribution >= 0.6 is 0 Å². The molecular weight excluding hydrogens is 393 g/mol. The van der Waals surface area contributed by atoms with Gasteiger partial charge < -0.3 is 0 Å². The van der Waals surface area contributed by atoms with Gasteiger partial charge in [-0.25, -0.2) is 9.07 Å². The van der Waals surface area contributed by atoms with Crippen molar-refractivity contribution in [3.63, 3.8) is 0 Å². The van der Waals surface area contributed by atoms with E-state index in [1.807, 2.05) is 13.0 Å². The summed E-state index contributed by atoms with van der Waals surface area (Å²) in [4.78, 5) is 17.1. The number of halogens is 1. The Labute approximate surface area is 182 Å². The molecule has 2 heterocycles. The van der Waals surface area contributed by atoms with Crippen LogP contribution in [0.3, 0.4) is 0 Å². The summed E-state index contributed by atoms with van der Waals surface area (Å²) >= 11 is 0. The predicted molar refractivity (Wildman–Crippen MR) is 119 cm³/mol. The lowest BCUT2D eigenvalue weighted by Gasteiger charge is -2.40. The number of piperidine rings is 1. The molecule has 4 rings (SSSR count). The number of anilines is 1. The van der Waals surface area contributed by atoms with Gasteiger partial charge >= 0.3 is 0 Å². The van der Waals surface area contributed by atoms with E-state index in [0.29, 0.717) is 24.0 Å². The molecule has 3 aromatic rings. The highest BCUT2D eigenvalue weighted by Crippen LogP contribution is 2.28. The lowest BCUT2D eigenvalue weighted by atomic mass is 9.99. The molecule has 6 nitrogen and oxygen atoms in total. The highest BCUT2D eigenvalue weighted by atomic mass is 19.1. The number of rotatable bonds is 6. The highest BCUT2D eigenvalue weighted by Gasteiger charge is 2.31. The van der Waals surface area contributed by atoms with Gasteiger partial charge in [0.15, 0.2) is 5.82 Å². The second-order valence-electron chi connectivity index (χ2n) is 7.97. The molecule has 0 aliphatic carbocycles. The molecule has 1 saturated heterocycles. The van der Waals surface area contributed by atoms with E-state index >= 15 is 0 Å². The smallest absolute Gasteiger partial charge is 0.228 e. The van der Waals surface area contributed by atoms with Crippen molar-refractivity contribution in [3.8, 4) is 5.69 Å². The summed E-state index contributed by atoms with van der Waals surface area (Å²) in [6.07, 6.45) is 3.92. The molecule has 0 saturated carbocycles. The van der Waals surface area contributed by atoms with Crippen molar-refractivity contribution in [2.24, 2.45) is 0 Å². The molecule has 1 atom stereocenters. The third kappa shape index (κ3) is 4.66. The Bertz CT molecular complexity index is 996. The van der Waals surface area contributed by atoms with Gasteiger partial charge in [0.05, 0.1) is 11.9 Å². The van der Waals surface area contributed by atoms with Crippen LogP contribution in [0.5, 0.6) is 0 Å². The first kappa shape index (κ1) is 21.2. The Balaban J connectivity index is 1.48. The van der Waals surface area contributed by atoms with Crippen LogP contribution in [0.1, 0.15) is 44.7 Å². The predicted octanol–water partition coefficient (Wildman–Crippen LogP) is 4.38. The zero-order valence-corrected chi connectivity index (χ0v) is 18.0. The minimum atomic E-state index is -0.302. The number of nitrogens with zero attached hydrogens (tertiary/aromatic N) is 5. The molecule has 31 heavy (non-hydrogen) atoms. The van der Waals surface area contributed by atoms with Gasteiger partial charge in [-0.1, -0.05) is 42.5 Å². The SMILES string of the molecule is CCC(=O)N(c1cn(-c2ccc(F)cc2)nn1)C1CCN(C(C)c2ccccc2)CC1. The fraction of sp³-hybridized carbons (Fsp3) is 0.375. The van der Waals surface area contributed by atoms with Crippen LogP contribution in [-0.4, -0.2) is 44.9 Å². The molecule has 0 radical (unpaired) electrons. The number of benzene rings is 2. The van der Waals surface area contributed by atoms with E-state index in [0.717, 1.165) is 25.9 Å². The van der Waals surface area contributed by atoms with Crippen molar-refractivity contribution in [3.05, 3.63) is 72.2 Å². The summed E-state index contributed by atoms with van der Waals surface area (Å²) < 4.78 is 14.8. The van der Waals surface area contributed by atoms with Crippen molar-refractivity contribution in [1.82, 2.24) is 19.9 Å². The van der Waals surface area contributed by atoms with Crippen LogP contribution in [-0.2, 0) is 4.79 Å². The van der Waals surface area contributed by atoms with Crippen LogP contribution in [0.15, 0.2) is 60.8 Å². The zero-order chi connectivity index (χ0) is 21.8. The van der Waals surface area contributed by atoms with Gasteiger partial charge in [-0.05, 0) is 49.6 Å². The quantitative estimate of drug-likeness (QED) is 0.593. The van der Waals surface area contributed by atoms with Crippen LogP contribution in [0.4, 0.5) is 10.2 Å². The van der Waals surface area contributed by atoms with Crippen LogP contribution < -0.4 is 4.90 Å². The normalized spacial score (nSPS) is 16.2. The van der Waals surface area contributed by atoms with E-state index in [9.17, 15) is 9.18 Å².